The zero-order valence-electron chi connectivity index (χ0n) is 17.5. The summed E-state index contributed by atoms with van der Waals surface area (Å²) in [6, 6.07) is 2.79. The largest absolute Gasteiger partial charge is 0.508 e. The van der Waals surface area contributed by atoms with Crippen LogP contribution < -0.4 is 27.4 Å². The summed E-state index contributed by atoms with van der Waals surface area (Å²) in [6.45, 7) is 1.57. The van der Waals surface area contributed by atoms with E-state index in [1.807, 2.05) is 0 Å². The molecule has 1 aromatic rings. The highest BCUT2D eigenvalue weighted by atomic mass is 16.4. The molecule has 9 N–H and O–H groups in total. The molecular weight excluding hydrogens is 406 g/mol. The summed E-state index contributed by atoms with van der Waals surface area (Å²) in [5, 5.41) is 26.2. The van der Waals surface area contributed by atoms with E-state index in [4.69, 9.17) is 11.5 Å². The van der Waals surface area contributed by atoms with Crippen LogP contribution >= 0.6 is 0 Å². The summed E-state index contributed by atoms with van der Waals surface area (Å²) >= 11 is 0. The van der Waals surface area contributed by atoms with Gasteiger partial charge >= 0.3 is 5.97 Å². The van der Waals surface area contributed by atoms with E-state index in [1.54, 1.807) is 12.1 Å². The second-order valence-corrected chi connectivity index (χ2v) is 7.11. The van der Waals surface area contributed by atoms with E-state index in [2.05, 4.69) is 16.0 Å². The number of aliphatic carboxylic acids is 1. The molecule has 0 aliphatic carbocycles. The molecule has 0 fully saturated rings. The van der Waals surface area contributed by atoms with Crippen LogP contribution in [0.1, 0.15) is 31.7 Å². The number of phenols is 1. The van der Waals surface area contributed by atoms with Crippen molar-refractivity contribution in [2.75, 3.05) is 13.1 Å². The number of carbonyl (C=O) groups excluding carboxylic acids is 3. The number of nitrogens with two attached hydrogens (primary N) is 2. The number of hydrogen-bond acceptors (Lipinski definition) is 7. The van der Waals surface area contributed by atoms with Gasteiger partial charge in [0.1, 0.15) is 23.9 Å². The van der Waals surface area contributed by atoms with Crippen molar-refractivity contribution in [1.82, 2.24) is 16.0 Å². The minimum Gasteiger partial charge on any atom is -0.508 e. The van der Waals surface area contributed by atoms with Gasteiger partial charge in [-0.05, 0) is 50.4 Å². The first-order valence-electron chi connectivity index (χ1n) is 9.98. The predicted molar refractivity (Wildman–Crippen MR) is 113 cm³/mol. The van der Waals surface area contributed by atoms with Crippen LogP contribution in [0.5, 0.6) is 5.75 Å². The Morgan fingerprint density at radius 1 is 0.935 bits per heavy atom. The van der Waals surface area contributed by atoms with Gasteiger partial charge in [0.25, 0.3) is 0 Å². The Morgan fingerprint density at radius 2 is 1.55 bits per heavy atom. The topological polar surface area (TPSA) is 197 Å². The number of aromatic hydroxyl groups is 1. The lowest BCUT2D eigenvalue weighted by Crippen LogP contribution is -2.55. The normalized spacial score (nSPS) is 13.5. The van der Waals surface area contributed by atoms with Gasteiger partial charge in [-0.25, -0.2) is 4.79 Å². The van der Waals surface area contributed by atoms with E-state index >= 15 is 0 Å². The summed E-state index contributed by atoms with van der Waals surface area (Å²) in [5.74, 6) is -2.98. The number of nitrogens with one attached hydrogen (secondary N) is 3. The molecule has 31 heavy (non-hydrogen) atoms. The molecule has 3 unspecified atom stereocenters. The highest BCUT2D eigenvalue weighted by Crippen LogP contribution is 2.12. The highest BCUT2D eigenvalue weighted by Gasteiger charge is 2.28. The molecule has 1 aromatic carbocycles. The standard InChI is InChI=1S/C20H31N5O6/c1-12(23-17(27)11-22)18(28)24-15(4-2-3-9-21)19(29)25-16(20(30)31)10-13-5-7-14(26)8-6-13/h5-8,12,15-16,26H,2-4,9-11,21-22H2,1H3,(H,23,27)(H,24,28)(H,25,29)(H,30,31). The maximum atomic E-state index is 12.8. The van der Waals surface area contributed by atoms with Gasteiger partial charge in [0, 0.05) is 6.42 Å². The number of carboxylic acid groups (broad SMARTS) is 1. The molecule has 0 aromatic heterocycles. The molecule has 1 rings (SSSR count). The molecule has 0 aliphatic heterocycles. The molecule has 0 saturated heterocycles. The number of rotatable bonds is 13. The molecular formula is C20H31N5O6. The second-order valence-electron chi connectivity index (χ2n) is 7.11. The zero-order valence-corrected chi connectivity index (χ0v) is 17.5. The summed E-state index contributed by atoms with van der Waals surface area (Å²) in [5.41, 5.74) is 11.3. The second kappa shape index (κ2) is 13.2. The van der Waals surface area contributed by atoms with Crippen LogP contribution in [0.4, 0.5) is 0 Å². The Balaban J connectivity index is 2.85. The summed E-state index contributed by atoms with van der Waals surface area (Å²) in [7, 11) is 0. The van der Waals surface area contributed by atoms with E-state index in [-0.39, 0.29) is 25.1 Å². The fourth-order valence-corrected chi connectivity index (χ4v) is 2.76. The lowest BCUT2D eigenvalue weighted by atomic mass is 10.0. The average molecular weight is 437 g/mol. The highest BCUT2D eigenvalue weighted by molar-refractivity contribution is 5.93. The Morgan fingerprint density at radius 3 is 2.10 bits per heavy atom. The van der Waals surface area contributed by atoms with Crippen LogP contribution in [0, 0.1) is 0 Å². The Labute approximate surface area is 180 Å². The molecule has 0 spiro atoms. The summed E-state index contributed by atoms with van der Waals surface area (Å²) in [6.07, 6.45) is 1.40. The van der Waals surface area contributed by atoms with Crippen molar-refractivity contribution < 1.29 is 29.4 Å². The van der Waals surface area contributed by atoms with Gasteiger partial charge in [0.05, 0.1) is 6.54 Å². The first-order chi connectivity index (χ1) is 14.7. The lowest BCUT2D eigenvalue weighted by Gasteiger charge is -2.23. The van der Waals surface area contributed by atoms with E-state index in [0.717, 1.165) is 0 Å². The molecule has 0 bridgehead atoms. The van der Waals surface area contributed by atoms with Crippen LogP contribution in [0.25, 0.3) is 0 Å². The van der Waals surface area contributed by atoms with Crippen molar-refractivity contribution in [3.8, 4) is 5.75 Å². The van der Waals surface area contributed by atoms with Crippen LogP contribution in [0.15, 0.2) is 24.3 Å². The third kappa shape index (κ3) is 9.45. The zero-order chi connectivity index (χ0) is 23.4. The van der Waals surface area contributed by atoms with Crippen molar-refractivity contribution >= 4 is 23.7 Å². The smallest absolute Gasteiger partial charge is 0.326 e. The lowest BCUT2D eigenvalue weighted by molar-refractivity contribution is -0.142. The Bertz CT molecular complexity index is 755. The van der Waals surface area contributed by atoms with Crippen molar-refractivity contribution in [2.45, 2.75) is 50.7 Å². The number of hydrogen-bond donors (Lipinski definition) is 7. The van der Waals surface area contributed by atoms with Crippen LogP contribution in [-0.4, -0.2) is 65.1 Å². The minimum absolute atomic E-state index is 0.00617. The van der Waals surface area contributed by atoms with Crippen molar-refractivity contribution in [3.05, 3.63) is 29.8 Å². The average Bonchev–Trinajstić information content (AvgIpc) is 2.73. The summed E-state index contributed by atoms with van der Waals surface area (Å²) in [4.78, 5) is 48.2. The maximum absolute atomic E-state index is 12.8. The quantitative estimate of drug-likeness (QED) is 0.182. The van der Waals surface area contributed by atoms with E-state index < -0.39 is 41.8 Å². The van der Waals surface area contributed by atoms with Gasteiger partial charge in [-0.15, -0.1) is 0 Å². The van der Waals surface area contributed by atoms with Gasteiger partial charge in [0.2, 0.25) is 17.7 Å². The minimum atomic E-state index is -1.24. The fourth-order valence-electron chi connectivity index (χ4n) is 2.76. The van der Waals surface area contributed by atoms with Crippen molar-refractivity contribution in [1.29, 1.82) is 0 Å². The van der Waals surface area contributed by atoms with Gasteiger partial charge < -0.3 is 37.6 Å². The maximum Gasteiger partial charge on any atom is 0.326 e. The van der Waals surface area contributed by atoms with E-state index in [0.29, 0.717) is 24.9 Å². The monoisotopic (exact) mass is 437 g/mol. The molecule has 3 amide bonds. The van der Waals surface area contributed by atoms with E-state index in [1.165, 1.54) is 19.1 Å². The predicted octanol–water partition coefficient (Wildman–Crippen LogP) is -1.42. The molecule has 172 valence electrons. The van der Waals surface area contributed by atoms with Gasteiger partial charge in [-0.1, -0.05) is 12.1 Å². The SMILES string of the molecule is CC(NC(=O)CN)C(=O)NC(CCCCN)C(=O)NC(Cc1ccc(O)cc1)C(=O)O. The van der Waals surface area contributed by atoms with Crippen molar-refractivity contribution in [2.24, 2.45) is 11.5 Å². The molecule has 11 nitrogen and oxygen atoms in total. The molecule has 3 atom stereocenters. The van der Waals surface area contributed by atoms with Crippen LogP contribution in [0.3, 0.4) is 0 Å². The summed E-state index contributed by atoms with van der Waals surface area (Å²) < 4.78 is 0. The van der Waals surface area contributed by atoms with Crippen LogP contribution in [0.2, 0.25) is 0 Å². The van der Waals surface area contributed by atoms with E-state index in [9.17, 15) is 29.4 Å². The van der Waals surface area contributed by atoms with Gasteiger partial charge in [0.15, 0.2) is 0 Å². The first kappa shape index (κ1) is 25.9. The number of benzene rings is 1. The van der Waals surface area contributed by atoms with Gasteiger partial charge in [-0.3, -0.25) is 14.4 Å². The number of carbonyl (C=O) groups is 4. The third-order valence-electron chi connectivity index (χ3n) is 4.53. The Hall–Kier alpha value is -3.18. The molecule has 11 heteroatoms. The molecule has 0 saturated carbocycles. The van der Waals surface area contributed by atoms with Gasteiger partial charge in [-0.2, -0.15) is 0 Å². The molecule has 0 heterocycles. The fraction of sp³-hybridized carbons (Fsp3) is 0.500. The van der Waals surface area contributed by atoms with Crippen molar-refractivity contribution in [3.63, 3.8) is 0 Å². The number of unbranched alkanes of at least 4 members (excludes halogenated alkanes) is 1. The first-order valence-corrected chi connectivity index (χ1v) is 9.98. The molecule has 0 aliphatic rings. The number of phenolic OH excluding ortho intramolecular Hbond substituents is 1. The Kier molecular flexibility index (Phi) is 11.0. The molecule has 0 radical (unpaired) electrons. The van der Waals surface area contributed by atoms with Crippen LogP contribution in [-0.2, 0) is 25.6 Å². The third-order valence-corrected chi connectivity index (χ3v) is 4.53. The number of amides is 3. The number of carboxylic acids is 1.